The maximum absolute atomic E-state index is 13.9. The number of benzene rings is 1. The number of rotatable bonds is 6. The first-order valence-corrected chi connectivity index (χ1v) is 11.0. The van der Waals surface area contributed by atoms with Gasteiger partial charge in [-0.1, -0.05) is 19.1 Å². The molecule has 2 aliphatic rings. The second kappa shape index (κ2) is 10.1. The molecule has 3 amide bonds. The number of hydrogen-bond acceptors (Lipinski definition) is 5. The highest BCUT2D eigenvalue weighted by Gasteiger charge is 2.38. The molecule has 0 aliphatic carbocycles. The molecule has 8 nitrogen and oxygen atoms in total. The third-order valence-electron chi connectivity index (χ3n) is 5.96. The average Bonchev–Trinajstić information content (AvgIpc) is 2.76. The highest BCUT2D eigenvalue weighted by Crippen LogP contribution is 2.32. The number of piperazine rings is 1. The third-order valence-corrected chi connectivity index (χ3v) is 5.96. The normalized spacial score (nSPS) is 22.1. The number of hydrogen-bond donors (Lipinski definition) is 1. The predicted octanol–water partition coefficient (Wildman–Crippen LogP) is 2.28. The molecule has 0 radical (unpaired) electrons. The van der Waals surface area contributed by atoms with E-state index in [0.717, 1.165) is 0 Å². The van der Waals surface area contributed by atoms with Gasteiger partial charge in [0.2, 0.25) is 5.91 Å². The van der Waals surface area contributed by atoms with Gasteiger partial charge >= 0.3 is 12.0 Å². The second-order valence-corrected chi connectivity index (χ2v) is 8.10. The zero-order chi connectivity index (χ0) is 23.4. The van der Waals surface area contributed by atoms with Gasteiger partial charge in [-0.15, -0.1) is 0 Å². The van der Waals surface area contributed by atoms with Gasteiger partial charge in [-0.3, -0.25) is 14.6 Å². The van der Waals surface area contributed by atoms with E-state index in [1.807, 2.05) is 18.7 Å². The predicted molar refractivity (Wildman–Crippen MR) is 117 cm³/mol. The smallest absolute Gasteiger partial charge is 0.338 e. The first kappa shape index (κ1) is 23.7. The van der Waals surface area contributed by atoms with Crippen LogP contribution in [-0.4, -0.2) is 78.5 Å². The van der Waals surface area contributed by atoms with Crippen molar-refractivity contribution in [1.29, 1.82) is 0 Å². The van der Waals surface area contributed by atoms with Crippen LogP contribution in [-0.2, 0) is 14.3 Å². The van der Waals surface area contributed by atoms with Crippen molar-refractivity contribution in [3.8, 4) is 0 Å². The molecule has 0 spiro atoms. The van der Waals surface area contributed by atoms with Crippen LogP contribution in [0.15, 0.2) is 35.5 Å². The SMILES string of the molecule is CCOC(=O)C1=C(CN2CCN(C(=O)CC)[C@@H](C)C2)N(C)C(=O)N[C@H]1c1cccc(F)c1. The molecule has 1 saturated heterocycles. The van der Waals surface area contributed by atoms with Gasteiger partial charge in [-0.2, -0.15) is 0 Å². The number of carbonyl (C=O) groups is 3. The molecule has 2 atom stereocenters. The molecule has 0 unspecified atom stereocenters. The topological polar surface area (TPSA) is 82.2 Å². The summed E-state index contributed by atoms with van der Waals surface area (Å²) >= 11 is 0. The number of halogens is 1. The average molecular weight is 447 g/mol. The number of ether oxygens (including phenoxy) is 1. The van der Waals surface area contributed by atoms with E-state index in [0.29, 0.717) is 49.4 Å². The molecule has 1 fully saturated rings. The lowest BCUT2D eigenvalue weighted by molar-refractivity contribution is -0.139. The van der Waals surface area contributed by atoms with Crippen molar-refractivity contribution in [2.24, 2.45) is 0 Å². The molecule has 0 saturated carbocycles. The molecule has 0 aromatic heterocycles. The highest BCUT2D eigenvalue weighted by molar-refractivity contribution is 5.95. The van der Waals surface area contributed by atoms with Crippen molar-refractivity contribution in [2.75, 3.05) is 39.8 Å². The fourth-order valence-electron chi connectivity index (χ4n) is 4.30. The highest BCUT2D eigenvalue weighted by atomic mass is 19.1. The monoisotopic (exact) mass is 446 g/mol. The van der Waals surface area contributed by atoms with Crippen LogP contribution in [0.4, 0.5) is 9.18 Å². The second-order valence-electron chi connectivity index (χ2n) is 8.10. The molecule has 0 bridgehead atoms. The minimum absolute atomic E-state index is 0.0181. The molecular formula is C23H31FN4O4. The lowest BCUT2D eigenvalue weighted by Gasteiger charge is -2.42. The van der Waals surface area contributed by atoms with E-state index in [9.17, 15) is 18.8 Å². The van der Waals surface area contributed by atoms with Crippen molar-refractivity contribution in [3.63, 3.8) is 0 Å². The zero-order valence-electron chi connectivity index (χ0n) is 19.1. The molecule has 174 valence electrons. The van der Waals surface area contributed by atoms with Crippen molar-refractivity contribution in [3.05, 3.63) is 46.9 Å². The standard InChI is InChI=1S/C23H31FN4O4/c1-5-19(29)28-11-10-27(13-15(28)3)14-18-20(22(30)32-6-2)21(25-23(31)26(18)4)16-8-7-9-17(24)12-16/h7-9,12,15,21H,5-6,10-11,13-14H2,1-4H3,(H,25,31)/t15-,21-/m0/s1. The van der Waals surface area contributed by atoms with E-state index >= 15 is 0 Å². The lowest BCUT2D eigenvalue weighted by atomic mass is 9.94. The van der Waals surface area contributed by atoms with E-state index in [2.05, 4.69) is 10.2 Å². The van der Waals surface area contributed by atoms with Gasteiger partial charge in [0.15, 0.2) is 0 Å². The molecule has 32 heavy (non-hydrogen) atoms. The number of nitrogens with one attached hydrogen (secondary N) is 1. The van der Waals surface area contributed by atoms with E-state index in [4.69, 9.17) is 4.74 Å². The van der Waals surface area contributed by atoms with Crippen LogP contribution in [0.3, 0.4) is 0 Å². The number of amides is 3. The summed E-state index contributed by atoms with van der Waals surface area (Å²) in [4.78, 5) is 43.3. The molecule has 2 heterocycles. The van der Waals surface area contributed by atoms with E-state index in [1.54, 1.807) is 26.1 Å². The number of likely N-dealkylation sites (N-methyl/N-ethyl adjacent to an activating group) is 1. The Balaban J connectivity index is 1.96. The summed E-state index contributed by atoms with van der Waals surface area (Å²) in [5.41, 5.74) is 1.28. The van der Waals surface area contributed by atoms with Crippen LogP contribution in [0.5, 0.6) is 0 Å². The van der Waals surface area contributed by atoms with Crippen LogP contribution in [0, 0.1) is 5.82 Å². The van der Waals surface area contributed by atoms with Crippen LogP contribution in [0.1, 0.15) is 38.8 Å². The van der Waals surface area contributed by atoms with Gasteiger partial charge in [0.1, 0.15) is 5.82 Å². The summed E-state index contributed by atoms with van der Waals surface area (Å²) in [5.74, 6) is -0.883. The van der Waals surface area contributed by atoms with Gasteiger partial charge < -0.3 is 15.0 Å². The minimum atomic E-state index is -0.816. The van der Waals surface area contributed by atoms with Crippen molar-refractivity contribution >= 4 is 17.9 Å². The quantitative estimate of drug-likeness (QED) is 0.678. The fraction of sp³-hybridized carbons (Fsp3) is 0.522. The molecular weight excluding hydrogens is 415 g/mol. The van der Waals surface area contributed by atoms with E-state index in [1.165, 1.54) is 17.0 Å². The van der Waals surface area contributed by atoms with Gasteiger partial charge in [0.05, 0.1) is 18.2 Å². The number of urea groups is 1. The maximum Gasteiger partial charge on any atom is 0.338 e. The summed E-state index contributed by atoms with van der Waals surface area (Å²) in [5, 5.41) is 2.79. The van der Waals surface area contributed by atoms with Crippen LogP contribution in [0.2, 0.25) is 0 Å². The van der Waals surface area contributed by atoms with Crippen molar-refractivity contribution in [1.82, 2.24) is 20.0 Å². The molecule has 1 aromatic rings. The van der Waals surface area contributed by atoms with Gasteiger partial charge in [-0.05, 0) is 31.5 Å². The zero-order valence-corrected chi connectivity index (χ0v) is 19.1. The summed E-state index contributed by atoms with van der Waals surface area (Å²) in [6.45, 7) is 7.89. The Hall–Kier alpha value is -2.94. The lowest BCUT2D eigenvalue weighted by Crippen LogP contribution is -2.56. The molecule has 1 N–H and O–H groups in total. The van der Waals surface area contributed by atoms with Gasteiger partial charge in [-0.25, -0.2) is 14.0 Å². The van der Waals surface area contributed by atoms with Crippen molar-refractivity contribution in [2.45, 2.75) is 39.3 Å². The number of nitrogens with zero attached hydrogens (tertiary/aromatic N) is 3. The first-order valence-electron chi connectivity index (χ1n) is 11.0. The Morgan fingerprint density at radius 2 is 2.00 bits per heavy atom. The Labute approximate surface area is 188 Å². The summed E-state index contributed by atoms with van der Waals surface area (Å²) < 4.78 is 19.2. The Kier molecular flexibility index (Phi) is 7.50. The summed E-state index contributed by atoms with van der Waals surface area (Å²) in [6, 6.07) is 4.66. The van der Waals surface area contributed by atoms with E-state index < -0.39 is 17.8 Å². The maximum atomic E-state index is 13.9. The number of esters is 1. The Bertz CT molecular complexity index is 919. The molecule has 3 rings (SSSR count). The van der Waals surface area contributed by atoms with Crippen LogP contribution >= 0.6 is 0 Å². The Morgan fingerprint density at radius 1 is 1.25 bits per heavy atom. The van der Waals surface area contributed by atoms with Crippen LogP contribution < -0.4 is 5.32 Å². The van der Waals surface area contributed by atoms with Crippen LogP contribution in [0.25, 0.3) is 0 Å². The van der Waals surface area contributed by atoms with Gasteiger partial charge in [0, 0.05) is 51.4 Å². The molecule has 2 aliphatic heterocycles. The summed E-state index contributed by atoms with van der Waals surface area (Å²) in [7, 11) is 1.60. The van der Waals surface area contributed by atoms with Crippen molar-refractivity contribution < 1.29 is 23.5 Å². The molecule has 1 aromatic carbocycles. The minimum Gasteiger partial charge on any atom is -0.463 e. The van der Waals surface area contributed by atoms with Gasteiger partial charge in [0.25, 0.3) is 0 Å². The summed E-state index contributed by atoms with van der Waals surface area (Å²) in [6.07, 6.45) is 0.459. The first-order chi connectivity index (χ1) is 15.3. The number of carbonyl (C=O) groups excluding carboxylic acids is 3. The Morgan fingerprint density at radius 3 is 2.62 bits per heavy atom. The molecule has 9 heteroatoms. The third kappa shape index (κ3) is 4.93. The fourth-order valence-corrected chi connectivity index (χ4v) is 4.30. The van der Waals surface area contributed by atoms with E-state index in [-0.39, 0.29) is 24.6 Å². The largest absolute Gasteiger partial charge is 0.463 e.